The van der Waals surface area contributed by atoms with Crippen LogP contribution >= 0.6 is 0 Å². The van der Waals surface area contributed by atoms with Crippen LogP contribution in [0.15, 0.2) is 12.2 Å². The second-order valence-electron chi connectivity index (χ2n) is 5.98. The maximum atomic E-state index is 12.4. The smallest absolute Gasteiger partial charge is 0.247 e. The van der Waals surface area contributed by atoms with Crippen LogP contribution < -0.4 is 5.11 Å². The molecule has 0 unspecified atom stereocenters. The van der Waals surface area contributed by atoms with Gasteiger partial charge >= 0.3 is 0 Å². The van der Waals surface area contributed by atoms with E-state index in [-0.39, 0.29) is 5.91 Å². The lowest BCUT2D eigenvalue weighted by atomic mass is 9.88. The Morgan fingerprint density at radius 2 is 1.25 bits per heavy atom. The highest BCUT2D eigenvalue weighted by atomic mass is 16.4. The van der Waals surface area contributed by atoms with Gasteiger partial charge in [0.2, 0.25) is 5.91 Å². The topological polar surface area (TPSA) is 60.4 Å². The van der Waals surface area contributed by atoms with E-state index in [1.54, 1.807) is 0 Å². The summed E-state index contributed by atoms with van der Waals surface area (Å²) in [5.74, 6) is -1.45. The number of rotatable bonds is 4. The molecule has 2 aliphatic carbocycles. The van der Waals surface area contributed by atoms with Crippen molar-refractivity contribution in [3.63, 3.8) is 0 Å². The van der Waals surface area contributed by atoms with Crippen molar-refractivity contribution < 1.29 is 14.7 Å². The fourth-order valence-corrected chi connectivity index (χ4v) is 3.60. The van der Waals surface area contributed by atoms with Gasteiger partial charge in [0.1, 0.15) is 0 Å². The monoisotopic (exact) mass is 278 g/mol. The molecule has 0 saturated heterocycles. The van der Waals surface area contributed by atoms with E-state index in [0.29, 0.717) is 12.1 Å². The lowest BCUT2D eigenvalue weighted by molar-refractivity contribution is -0.297. The van der Waals surface area contributed by atoms with Crippen LogP contribution in [-0.4, -0.2) is 28.9 Å². The highest BCUT2D eigenvalue weighted by Crippen LogP contribution is 2.30. The maximum absolute atomic E-state index is 12.4. The number of hydrogen-bond acceptors (Lipinski definition) is 3. The van der Waals surface area contributed by atoms with Crippen LogP contribution in [0.5, 0.6) is 0 Å². The highest BCUT2D eigenvalue weighted by molar-refractivity contribution is 5.93. The molecule has 2 saturated carbocycles. The number of carbonyl (C=O) groups excluding carboxylic acids is 2. The van der Waals surface area contributed by atoms with Gasteiger partial charge < -0.3 is 14.8 Å². The summed E-state index contributed by atoms with van der Waals surface area (Å²) in [6, 6.07) is 0.594. The number of carbonyl (C=O) groups is 2. The van der Waals surface area contributed by atoms with Gasteiger partial charge in [0.25, 0.3) is 0 Å². The molecule has 0 radical (unpaired) electrons. The third-order valence-electron chi connectivity index (χ3n) is 4.55. The molecular formula is C16H24NO3-. The van der Waals surface area contributed by atoms with Crippen molar-refractivity contribution in [2.75, 3.05) is 0 Å². The third-order valence-corrected chi connectivity index (χ3v) is 4.55. The molecule has 2 aliphatic rings. The molecule has 0 aromatic heterocycles. The minimum atomic E-state index is -1.30. The van der Waals surface area contributed by atoms with E-state index in [0.717, 1.165) is 31.8 Å². The van der Waals surface area contributed by atoms with Gasteiger partial charge in [-0.2, -0.15) is 0 Å². The zero-order valence-corrected chi connectivity index (χ0v) is 12.1. The molecule has 20 heavy (non-hydrogen) atoms. The molecule has 0 aromatic rings. The molecule has 4 heteroatoms. The average molecular weight is 278 g/mol. The van der Waals surface area contributed by atoms with E-state index in [2.05, 4.69) is 0 Å². The molecule has 112 valence electrons. The zero-order valence-electron chi connectivity index (χ0n) is 12.1. The quantitative estimate of drug-likeness (QED) is 0.737. The van der Waals surface area contributed by atoms with Gasteiger partial charge in [-0.3, -0.25) is 4.79 Å². The standard InChI is InChI=1S/C16H25NO3/c18-15(11-12-16(19)20)17(13-7-3-1-4-8-13)14-9-5-2-6-10-14/h11-14H,1-10H2,(H,19,20)/p-1. The molecule has 0 N–H and O–H groups in total. The van der Waals surface area contributed by atoms with Gasteiger partial charge in [-0.05, 0) is 31.8 Å². The Bertz CT molecular complexity index is 348. The minimum Gasteiger partial charge on any atom is -0.545 e. The predicted octanol–water partition coefficient (Wildman–Crippen LogP) is 1.79. The van der Waals surface area contributed by atoms with Crippen LogP contribution in [0.4, 0.5) is 0 Å². The Labute approximate surface area is 120 Å². The van der Waals surface area contributed by atoms with Crippen LogP contribution in [0.2, 0.25) is 0 Å². The van der Waals surface area contributed by atoms with Gasteiger partial charge in [-0.25, -0.2) is 0 Å². The first kappa shape index (κ1) is 15.1. The summed E-state index contributed by atoms with van der Waals surface area (Å²) in [5.41, 5.74) is 0. The maximum Gasteiger partial charge on any atom is 0.247 e. The molecule has 0 aromatic carbocycles. The van der Waals surface area contributed by atoms with Crippen molar-refractivity contribution in [1.29, 1.82) is 0 Å². The fourth-order valence-electron chi connectivity index (χ4n) is 3.60. The van der Waals surface area contributed by atoms with Gasteiger partial charge in [-0.15, -0.1) is 0 Å². The van der Waals surface area contributed by atoms with Gasteiger partial charge in [0, 0.05) is 18.2 Å². The van der Waals surface area contributed by atoms with Crippen molar-refractivity contribution in [2.24, 2.45) is 0 Å². The summed E-state index contributed by atoms with van der Waals surface area (Å²) in [7, 11) is 0. The Morgan fingerprint density at radius 1 is 0.800 bits per heavy atom. The molecule has 0 bridgehead atoms. The van der Waals surface area contributed by atoms with Crippen LogP contribution in [-0.2, 0) is 9.59 Å². The van der Waals surface area contributed by atoms with E-state index >= 15 is 0 Å². The van der Waals surface area contributed by atoms with Crippen molar-refractivity contribution in [3.05, 3.63) is 12.2 Å². The summed E-state index contributed by atoms with van der Waals surface area (Å²) in [6.07, 6.45) is 13.5. The summed E-state index contributed by atoms with van der Waals surface area (Å²) >= 11 is 0. The first-order chi connectivity index (χ1) is 9.68. The van der Waals surface area contributed by atoms with Crippen molar-refractivity contribution in [2.45, 2.75) is 76.3 Å². The fraction of sp³-hybridized carbons (Fsp3) is 0.750. The van der Waals surface area contributed by atoms with Crippen LogP contribution in [0, 0.1) is 0 Å². The van der Waals surface area contributed by atoms with Crippen molar-refractivity contribution >= 4 is 11.9 Å². The van der Waals surface area contributed by atoms with Crippen LogP contribution in [0.25, 0.3) is 0 Å². The van der Waals surface area contributed by atoms with E-state index in [1.807, 2.05) is 4.90 Å². The van der Waals surface area contributed by atoms with Gasteiger partial charge in [-0.1, -0.05) is 38.5 Å². The van der Waals surface area contributed by atoms with Crippen LogP contribution in [0.3, 0.4) is 0 Å². The molecular weight excluding hydrogens is 254 g/mol. The minimum absolute atomic E-state index is 0.145. The Hall–Kier alpha value is -1.32. The molecule has 1 amide bonds. The largest absolute Gasteiger partial charge is 0.545 e. The number of hydrogen-bond donors (Lipinski definition) is 0. The van der Waals surface area contributed by atoms with Gasteiger partial charge in [0.05, 0.1) is 5.97 Å². The molecule has 0 spiro atoms. The van der Waals surface area contributed by atoms with Crippen LogP contribution in [0.1, 0.15) is 64.2 Å². The molecule has 2 rings (SSSR count). The van der Waals surface area contributed by atoms with Crippen molar-refractivity contribution in [1.82, 2.24) is 4.90 Å². The Kier molecular flexibility index (Phi) is 5.62. The number of amides is 1. The Balaban J connectivity index is 2.09. The van der Waals surface area contributed by atoms with E-state index < -0.39 is 5.97 Å². The SMILES string of the molecule is O=C([O-])C=CC(=O)N(C1CCCCC1)C1CCCCC1. The van der Waals surface area contributed by atoms with E-state index in [9.17, 15) is 14.7 Å². The lowest BCUT2D eigenvalue weighted by Crippen LogP contribution is -2.48. The highest BCUT2D eigenvalue weighted by Gasteiger charge is 2.31. The third kappa shape index (κ3) is 4.09. The van der Waals surface area contributed by atoms with E-state index in [4.69, 9.17) is 0 Å². The molecule has 0 heterocycles. The number of carboxylic acid groups (broad SMARTS) is 1. The number of carboxylic acids is 1. The summed E-state index contributed by atoms with van der Waals surface area (Å²) in [4.78, 5) is 24.9. The first-order valence-electron chi connectivity index (χ1n) is 7.90. The van der Waals surface area contributed by atoms with E-state index in [1.165, 1.54) is 44.6 Å². The lowest BCUT2D eigenvalue weighted by Gasteiger charge is -2.41. The van der Waals surface area contributed by atoms with Gasteiger partial charge in [0.15, 0.2) is 0 Å². The molecule has 0 atom stereocenters. The molecule has 4 nitrogen and oxygen atoms in total. The summed E-state index contributed by atoms with van der Waals surface area (Å²) in [5, 5.41) is 10.5. The predicted molar refractivity (Wildman–Crippen MR) is 74.7 cm³/mol. The Morgan fingerprint density at radius 3 is 1.65 bits per heavy atom. The zero-order chi connectivity index (χ0) is 14.4. The summed E-state index contributed by atoms with van der Waals surface area (Å²) in [6.45, 7) is 0. The first-order valence-corrected chi connectivity index (χ1v) is 7.90. The second kappa shape index (κ2) is 7.46. The normalized spacial score (nSPS) is 22.0. The molecule has 2 fully saturated rings. The second-order valence-corrected chi connectivity index (χ2v) is 5.98. The molecule has 0 aliphatic heterocycles. The van der Waals surface area contributed by atoms with Crippen molar-refractivity contribution in [3.8, 4) is 0 Å². The average Bonchev–Trinajstić information content (AvgIpc) is 2.48. The summed E-state index contributed by atoms with van der Waals surface area (Å²) < 4.78 is 0. The number of nitrogens with zero attached hydrogens (tertiary/aromatic N) is 1. The number of aliphatic carboxylic acids is 1.